The van der Waals surface area contributed by atoms with Gasteiger partial charge in [0.15, 0.2) is 9.75 Å². The molecule has 2 amide bonds. The molecule has 0 aromatic carbocycles. The highest BCUT2D eigenvalue weighted by Crippen LogP contribution is 2.58. The van der Waals surface area contributed by atoms with E-state index in [9.17, 15) is 14.7 Å². The number of furan rings is 1. The fourth-order valence-corrected chi connectivity index (χ4v) is 4.23. The number of carbonyl (C=O) groups is 2. The first kappa shape index (κ1) is 16.3. The molecular formula is C16H15Cl2NO4. The van der Waals surface area contributed by atoms with Gasteiger partial charge in [-0.25, -0.2) is 0 Å². The number of aliphatic hydroxyl groups is 1. The highest BCUT2D eigenvalue weighted by Gasteiger charge is 2.72. The second-order valence-corrected chi connectivity index (χ2v) is 6.93. The lowest BCUT2D eigenvalue weighted by Crippen LogP contribution is -2.54. The average Bonchev–Trinajstić information content (AvgIpc) is 3.07. The number of hydrogen-bond acceptors (Lipinski definition) is 4. The van der Waals surface area contributed by atoms with Gasteiger partial charge in [0.05, 0.1) is 5.92 Å². The smallest absolute Gasteiger partial charge is 0.253 e. The van der Waals surface area contributed by atoms with Gasteiger partial charge in [0.25, 0.3) is 11.8 Å². The minimum absolute atomic E-state index is 0.123. The molecule has 3 rings (SSSR count). The number of carbonyl (C=O) groups excluding carboxylic acids is 2. The third-order valence-corrected chi connectivity index (χ3v) is 5.96. The van der Waals surface area contributed by atoms with Crippen molar-refractivity contribution >= 4 is 35.0 Å². The number of amides is 2. The first-order chi connectivity index (χ1) is 10.8. The molecule has 0 spiro atoms. The van der Waals surface area contributed by atoms with Crippen molar-refractivity contribution in [3.8, 4) is 0 Å². The molecular weight excluding hydrogens is 341 g/mol. The van der Waals surface area contributed by atoms with Crippen LogP contribution >= 0.6 is 23.2 Å². The van der Waals surface area contributed by atoms with Crippen LogP contribution in [0.2, 0.25) is 0 Å². The van der Waals surface area contributed by atoms with E-state index in [1.54, 1.807) is 24.3 Å². The number of allylic oxidation sites excluding steroid dienone is 3. The summed E-state index contributed by atoms with van der Waals surface area (Å²) in [7, 11) is 1.36. The number of hydrogen-bond donors (Lipinski definition) is 1. The number of fused-ring (bicyclic) bond motifs is 1. The summed E-state index contributed by atoms with van der Waals surface area (Å²) in [4.78, 5) is 22.9. The maximum absolute atomic E-state index is 12.7. The Morgan fingerprint density at radius 3 is 2.70 bits per heavy atom. The Morgan fingerprint density at radius 2 is 2.13 bits per heavy atom. The van der Waals surface area contributed by atoms with E-state index in [0.29, 0.717) is 17.1 Å². The highest BCUT2D eigenvalue weighted by atomic mass is 35.5. The normalized spacial score (nSPS) is 33.7. The van der Waals surface area contributed by atoms with Gasteiger partial charge in [0.2, 0.25) is 0 Å². The van der Waals surface area contributed by atoms with Crippen molar-refractivity contribution in [3.63, 3.8) is 0 Å². The fraction of sp³-hybridized carbons (Fsp3) is 0.375. The van der Waals surface area contributed by atoms with Crippen molar-refractivity contribution in [2.24, 2.45) is 0 Å². The zero-order valence-electron chi connectivity index (χ0n) is 12.4. The summed E-state index contributed by atoms with van der Waals surface area (Å²) in [6.45, 7) is 3.46. The summed E-state index contributed by atoms with van der Waals surface area (Å²) in [6, 6.07) is 3.21. The number of likely N-dealkylation sites (tertiary alicyclic amines) is 1. The predicted octanol–water partition coefficient (Wildman–Crippen LogP) is 2.33. The summed E-state index contributed by atoms with van der Waals surface area (Å²) < 4.78 is 5.58. The zero-order chi connectivity index (χ0) is 17.0. The summed E-state index contributed by atoms with van der Waals surface area (Å²) in [5.41, 5.74) is 0.659. The molecule has 0 saturated carbocycles. The summed E-state index contributed by atoms with van der Waals surface area (Å²) in [5.74, 6) is -1.18. The van der Waals surface area contributed by atoms with Crippen LogP contribution < -0.4 is 0 Å². The van der Waals surface area contributed by atoms with E-state index < -0.39 is 27.5 Å². The maximum Gasteiger partial charge on any atom is 0.253 e. The Hall–Kier alpha value is -1.56. The monoisotopic (exact) mass is 355 g/mol. The van der Waals surface area contributed by atoms with E-state index in [-0.39, 0.29) is 13.0 Å². The van der Waals surface area contributed by atoms with Crippen LogP contribution in [-0.2, 0) is 16.2 Å². The Labute approximate surface area is 143 Å². The summed E-state index contributed by atoms with van der Waals surface area (Å²) in [6.07, 6.45) is 3.44. The number of aliphatic hydroxyl groups excluding tert-OH is 1. The van der Waals surface area contributed by atoms with E-state index in [2.05, 4.69) is 6.58 Å². The minimum atomic E-state index is -1.71. The molecule has 1 aliphatic carbocycles. The van der Waals surface area contributed by atoms with Crippen LogP contribution in [0.5, 0.6) is 0 Å². The van der Waals surface area contributed by atoms with Gasteiger partial charge in [-0.1, -0.05) is 18.7 Å². The Balaban J connectivity index is 2.23. The van der Waals surface area contributed by atoms with E-state index in [1.807, 2.05) is 0 Å². The zero-order valence-corrected chi connectivity index (χ0v) is 13.9. The van der Waals surface area contributed by atoms with Gasteiger partial charge in [0.1, 0.15) is 18.1 Å². The number of nitrogens with zero attached hydrogens (tertiary/aromatic N) is 1. The number of halogens is 2. The minimum Gasteiger partial charge on any atom is -0.463 e. The van der Waals surface area contributed by atoms with Crippen molar-refractivity contribution in [2.45, 2.75) is 28.7 Å². The first-order valence-corrected chi connectivity index (χ1v) is 7.79. The van der Waals surface area contributed by atoms with Gasteiger partial charge < -0.3 is 9.52 Å². The van der Waals surface area contributed by atoms with Crippen molar-refractivity contribution in [1.29, 1.82) is 0 Å². The van der Waals surface area contributed by atoms with Crippen molar-refractivity contribution in [1.82, 2.24) is 4.90 Å². The molecule has 7 heteroatoms. The topological polar surface area (TPSA) is 70.8 Å². The second-order valence-electron chi connectivity index (χ2n) is 5.69. The van der Waals surface area contributed by atoms with Crippen LogP contribution in [-0.4, -0.2) is 38.6 Å². The van der Waals surface area contributed by atoms with E-state index in [4.69, 9.17) is 27.6 Å². The molecule has 0 radical (unpaired) electrons. The number of imide groups is 1. The lowest BCUT2D eigenvalue weighted by molar-refractivity contribution is -0.137. The van der Waals surface area contributed by atoms with Crippen LogP contribution in [0.15, 0.2) is 40.9 Å². The van der Waals surface area contributed by atoms with Crippen LogP contribution in [0.25, 0.3) is 0 Å². The SMILES string of the molecule is C=CC1=CC[C@@]2(Cl)C(=O)N(C)C(=O)[C@@]2(Cl)[C@H]1c1ccc(CO)o1. The van der Waals surface area contributed by atoms with Gasteiger partial charge >= 0.3 is 0 Å². The Kier molecular flexibility index (Phi) is 3.71. The molecule has 1 aromatic heterocycles. The van der Waals surface area contributed by atoms with Gasteiger partial charge in [-0.3, -0.25) is 14.5 Å². The molecule has 23 heavy (non-hydrogen) atoms. The highest BCUT2D eigenvalue weighted by molar-refractivity contribution is 6.53. The van der Waals surface area contributed by atoms with E-state index >= 15 is 0 Å². The maximum atomic E-state index is 12.7. The van der Waals surface area contributed by atoms with Crippen LogP contribution in [0, 0.1) is 0 Å². The molecule has 122 valence electrons. The molecule has 2 aliphatic rings. The van der Waals surface area contributed by atoms with Crippen molar-refractivity contribution in [3.05, 3.63) is 48.0 Å². The molecule has 1 saturated heterocycles. The summed E-state index contributed by atoms with van der Waals surface area (Å²) >= 11 is 13.3. The molecule has 0 bridgehead atoms. The molecule has 1 fully saturated rings. The first-order valence-electron chi connectivity index (χ1n) is 7.03. The largest absolute Gasteiger partial charge is 0.463 e. The lowest BCUT2D eigenvalue weighted by Gasteiger charge is -2.41. The van der Waals surface area contributed by atoms with Gasteiger partial charge in [-0.15, -0.1) is 23.2 Å². The number of rotatable bonds is 3. The third-order valence-electron chi connectivity index (χ3n) is 4.54. The summed E-state index contributed by atoms with van der Waals surface area (Å²) in [5, 5.41) is 9.19. The Bertz CT molecular complexity index is 740. The standard InChI is InChI=1S/C16H15Cl2NO4/c1-3-9-6-7-15(17)13(21)19(2)14(22)16(15,18)12(9)11-5-4-10(8-20)23-11/h3-6,12,20H,1,7-8H2,2H3/t12-,15-,16+/m1/s1. The third kappa shape index (κ3) is 1.90. The number of alkyl halides is 2. The molecule has 0 unspecified atom stereocenters. The second kappa shape index (κ2) is 5.23. The molecule has 1 aromatic rings. The van der Waals surface area contributed by atoms with Gasteiger partial charge in [-0.05, 0) is 24.1 Å². The van der Waals surface area contributed by atoms with Gasteiger partial charge in [0, 0.05) is 7.05 Å². The molecule has 1 aliphatic heterocycles. The van der Waals surface area contributed by atoms with E-state index in [1.165, 1.54) is 7.05 Å². The molecule has 3 atom stereocenters. The Morgan fingerprint density at radius 1 is 1.43 bits per heavy atom. The quantitative estimate of drug-likeness (QED) is 0.667. The molecule has 1 N–H and O–H groups in total. The fourth-order valence-electron chi connectivity index (χ4n) is 3.32. The van der Waals surface area contributed by atoms with Crippen LogP contribution in [0.1, 0.15) is 23.9 Å². The molecule has 2 heterocycles. The van der Waals surface area contributed by atoms with Crippen LogP contribution in [0.4, 0.5) is 0 Å². The van der Waals surface area contributed by atoms with Crippen molar-refractivity contribution in [2.75, 3.05) is 7.05 Å². The van der Waals surface area contributed by atoms with Crippen molar-refractivity contribution < 1.29 is 19.1 Å². The van der Waals surface area contributed by atoms with Crippen LogP contribution in [0.3, 0.4) is 0 Å². The predicted molar refractivity (Wildman–Crippen MR) is 85.2 cm³/mol. The average molecular weight is 356 g/mol. The molecule has 5 nitrogen and oxygen atoms in total. The van der Waals surface area contributed by atoms with E-state index in [0.717, 1.165) is 4.90 Å². The lowest BCUT2D eigenvalue weighted by atomic mass is 9.70. The van der Waals surface area contributed by atoms with Gasteiger partial charge in [-0.2, -0.15) is 0 Å².